The van der Waals surface area contributed by atoms with Crippen molar-refractivity contribution < 1.29 is 0 Å². The topological polar surface area (TPSA) is 3.24 Å². The predicted molar refractivity (Wildman–Crippen MR) is 47.6 cm³/mol. The molecule has 0 aromatic heterocycles. The number of likely N-dealkylation sites (tertiary alicyclic amines) is 1. The molecule has 0 N–H and O–H groups in total. The first-order valence-electron chi connectivity index (χ1n) is 4.91. The average molecular weight is 153 g/mol. The van der Waals surface area contributed by atoms with Gasteiger partial charge in [0, 0.05) is 6.04 Å². The Labute approximate surface area is 69.8 Å². The first kappa shape index (κ1) is 7.60. The summed E-state index contributed by atoms with van der Waals surface area (Å²) in [5, 5.41) is 0. The first-order chi connectivity index (χ1) is 5.17. The van der Waals surface area contributed by atoms with Crippen molar-refractivity contribution in [2.75, 3.05) is 13.1 Å². The normalized spacial score (nSPS) is 37.1. The lowest BCUT2D eigenvalue weighted by Gasteiger charge is -2.37. The third-order valence-electron chi connectivity index (χ3n) is 3.35. The summed E-state index contributed by atoms with van der Waals surface area (Å²) in [5.74, 6) is 0. The molecule has 0 radical (unpaired) electrons. The van der Waals surface area contributed by atoms with Crippen molar-refractivity contribution in [3.63, 3.8) is 0 Å². The maximum absolute atomic E-state index is 2.66. The number of nitrogens with zero attached hydrogens (tertiary/aromatic N) is 1. The van der Waals surface area contributed by atoms with Gasteiger partial charge in [0.2, 0.25) is 0 Å². The van der Waals surface area contributed by atoms with Gasteiger partial charge < -0.3 is 4.90 Å². The Morgan fingerprint density at radius 2 is 2.00 bits per heavy atom. The van der Waals surface area contributed by atoms with Crippen LogP contribution in [0.4, 0.5) is 0 Å². The van der Waals surface area contributed by atoms with Crippen LogP contribution in [0.3, 0.4) is 0 Å². The van der Waals surface area contributed by atoms with E-state index in [-0.39, 0.29) is 0 Å². The van der Waals surface area contributed by atoms with Gasteiger partial charge in [-0.2, -0.15) is 0 Å². The van der Waals surface area contributed by atoms with Crippen LogP contribution >= 0.6 is 0 Å². The molecular formula is C10H19N. The van der Waals surface area contributed by atoms with Crippen LogP contribution in [0.5, 0.6) is 0 Å². The fraction of sp³-hybridized carbons (Fsp3) is 1.00. The largest absolute Gasteiger partial charge is 0.300 e. The lowest BCUT2D eigenvalue weighted by molar-refractivity contribution is 0.113. The van der Waals surface area contributed by atoms with Gasteiger partial charge in [-0.05, 0) is 44.2 Å². The second-order valence-corrected chi connectivity index (χ2v) is 4.95. The summed E-state index contributed by atoms with van der Waals surface area (Å²) >= 11 is 0. The highest BCUT2D eigenvalue weighted by Crippen LogP contribution is 2.40. The van der Waals surface area contributed by atoms with Gasteiger partial charge >= 0.3 is 0 Å². The zero-order valence-corrected chi connectivity index (χ0v) is 7.77. The Morgan fingerprint density at radius 3 is 2.36 bits per heavy atom. The standard InChI is InChI=1S/C10H19N/c1-10(2)5-4-9(8-10)11-6-3-7-11/h9H,3-8H2,1-2H3. The molecule has 0 aromatic carbocycles. The minimum atomic E-state index is 0.639. The predicted octanol–water partition coefficient (Wildman–Crippen LogP) is 2.27. The first-order valence-corrected chi connectivity index (χ1v) is 4.91. The van der Waals surface area contributed by atoms with Gasteiger partial charge in [0.25, 0.3) is 0 Å². The fourth-order valence-corrected chi connectivity index (χ4v) is 2.42. The Bertz CT molecular complexity index is 147. The molecule has 2 fully saturated rings. The van der Waals surface area contributed by atoms with E-state index in [9.17, 15) is 0 Å². The molecule has 1 heterocycles. The molecule has 0 bridgehead atoms. The van der Waals surface area contributed by atoms with E-state index in [1.54, 1.807) is 0 Å². The number of rotatable bonds is 1. The quantitative estimate of drug-likeness (QED) is 0.558. The highest BCUT2D eigenvalue weighted by atomic mass is 15.2. The van der Waals surface area contributed by atoms with Crippen LogP contribution in [0.25, 0.3) is 0 Å². The number of hydrogen-bond acceptors (Lipinski definition) is 1. The molecule has 0 spiro atoms. The maximum Gasteiger partial charge on any atom is 0.0101 e. The van der Waals surface area contributed by atoms with Gasteiger partial charge in [-0.1, -0.05) is 13.8 Å². The van der Waals surface area contributed by atoms with Crippen LogP contribution in [0, 0.1) is 5.41 Å². The van der Waals surface area contributed by atoms with Crippen LogP contribution in [0.15, 0.2) is 0 Å². The van der Waals surface area contributed by atoms with Crippen LogP contribution in [0.2, 0.25) is 0 Å². The van der Waals surface area contributed by atoms with Gasteiger partial charge in [-0.3, -0.25) is 0 Å². The monoisotopic (exact) mass is 153 g/mol. The summed E-state index contributed by atoms with van der Waals surface area (Å²) in [6, 6.07) is 0.943. The smallest absolute Gasteiger partial charge is 0.0101 e. The third-order valence-corrected chi connectivity index (χ3v) is 3.35. The summed E-state index contributed by atoms with van der Waals surface area (Å²) in [4.78, 5) is 2.66. The van der Waals surface area contributed by atoms with Crippen LogP contribution in [0.1, 0.15) is 39.5 Å². The Hall–Kier alpha value is -0.0400. The van der Waals surface area contributed by atoms with Gasteiger partial charge in [0.05, 0.1) is 0 Å². The number of hydrogen-bond donors (Lipinski definition) is 0. The fourth-order valence-electron chi connectivity index (χ4n) is 2.42. The Balaban J connectivity index is 1.88. The average Bonchev–Trinajstić information content (AvgIpc) is 2.05. The van der Waals surface area contributed by atoms with Crippen molar-refractivity contribution in [2.45, 2.75) is 45.6 Å². The lowest BCUT2D eigenvalue weighted by Crippen LogP contribution is -2.44. The SMILES string of the molecule is CC1(C)CCC(N2CCC2)C1. The summed E-state index contributed by atoms with van der Waals surface area (Å²) < 4.78 is 0. The van der Waals surface area contributed by atoms with Gasteiger partial charge in [-0.15, -0.1) is 0 Å². The Morgan fingerprint density at radius 1 is 1.27 bits per heavy atom. The summed E-state index contributed by atoms with van der Waals surface area (Å²) in [6.45, 7) is 7.57. The van der Waals surface area contributed by atoms with E-state index in [0.29, 0.717) is 5.41 Å². The van der Waals surface area contributed by atoms with E-state index in [1.165, 1.54) is 38.8 Å². The molecule has 1 aliphatic carbocycles. The van der Waals surface area contributed by atoms with E-state index in [4.69, 9.17) is 0 Å². The highest BCUT2D eigenvalue weighted by Gasteiger charge is 2.35. The molecule has 64 valence electrons. The zero-order chi connectivity index (χ0) is 7.90. The lowest BCUT2D eigenvalue weighted by atomic mass is 9.91. The van der Waals surface area contributed by atoms with E-state index in [2.05, 4.69) is 18.7 Å². The van der Waals surface area contributed by atoms with Crippen molar-refractivity contribution in [1.29, 1.82) is 0 Å². The van der Waals surface area contributed by atoms with Gasteiger partial charge in [0.15, 0.2) is 0 Å². The molecule has 1 aliphatic heterocycles. The summed E-state index contributed by atoms with van der Waals surface area (Å²) in [5.41, 5.74) is 0.639. The van der Waals surface area contributed by atoms with Gasteiger partial charge in [0.1, 0.15) is 0 Å². The molecule has 1 heteroatoms. The molecule has 1 nitrogen and oxygen atoms in total. The second-order valence-electron chi connectivity index (χ2n) is 4.95. The van der Waals surface area contributed by atoms with Crippen LogP contribution in [-0.2, 0) is 0 Å². The summed E-state index contributed by atoms with van der Waals surface area (Å²) in [6.07, 6.45) is 5.77. The van der Waals surface area contributed by atoms with E-state index < -0.39 is 0 Å². The van der Waals surface area contributed by atoms with Crippen molar-refractivity contribution in [3.05, 3.63) is 0 Å². The Kier molecular flexibility index (Phi) is 1.71. The van der Waals surface area contributed by atoms with E-state index in [0.717, 1.165) is 6.04 Å². The van der Waals surface area contributed by atoms with Crippen LogP contribution < -0.4 is 0 Å². The molecule has 0 amide bonds. The van der Waals surface area contributed by atoms with E-state index in [1.807, 2.05) is 0 Å². The van der Waals surface area contributed by atoms with Crippen molar-refractivity contribution in [1.82, 2.24) is 4.90 Å². The van der Waals surface area contributed by atoms with Crippen molar-refractivity contribution in [2.24, 2.45) is 5.41 Å². The highest BCUT2D eigenvalue weighted by molar-refractivity contribution is 4.90. The molecule has 2 rings (SSSR count). The minimum absolute atomic E-state index is 0.639. The maximum atomic E-state index is 2.66. The molecule has 1 atom stereocenters. The molecular weight excluding hydrogens is 134 g/mol. The summed E-state index contributed by atoms with van der Waals surface area (Å²) in [7, 11) is 0. The minimum Gasteiger partial charge on any atom is -0.300 e. The van der Waals surface area contributed by atoms with E-state index >= 15 is 0 Å². The van der Waals surface area contributed by atoms with Crippen molar-refractivity contribution in [3.8, 4) is 0 Å². The van der Waals surface area contributed by atoms with Crippen molar-refractivity contribution >= 4 is 0 Å². The molecule has 11 heavy (non-hydrogen) atoms. The van der Waals surface area contributed by atoms with Crippen LogP contribution in [-0.4, -0.2) is 24.0 Å². The zero-order valence-electron chi connectivity index (χ0n) is 7.77. The molecule has 1 saturated carbocycles. The molecule has 0 aromatic rings. The molecule has 2 aliphatic rings. The molecule has 1 unspecified atom stereocenters. The second kappa shape index (κ2) is 2.48. The molecule has 1 saturated heterocycles. The van der Waals surface area contributed by atoms with Gasteiger partial charge in [-0.25, -0.2) is 0 Å². The third kappa shape index (κ3) is 1.44.